The summed E-state index contributed by atoms with van der Waals surface area (Å²) in [6.45, 7) is 10.2. The van der Waals surface area contributed by atoms with Crippen molar-refractivity contribution in [3.05, 3.63) is 0 Å². The van der Waals surface area contributed by atoms with Crippen LogP contribution in [0.1, 0.15) is 66.2 Å². The molecule has 0 aromatic rings. The number of hydrogen-bond acceptors (Lipinski definition) is 8. The lowest BCUT2D eigenvalue weighted by Crippen LogP contribution is -2.61. The molecule has 0 aromatic heterocycles. The third-order valence-corrected chi connectivity index (χ3v) is 5.79. The molecule has 10 nitrogen and oxygen atoms in total. The number of nitrogens with one attached hydrogen (secondary N) is 2. The van der Waals surface area contributed by atoms with Crippen LogP contribution in [0.5, 0.6) is 0 Å². The van der Waals surface area contributed by atoms with Gasteiger partial charge in [0.1, 0.15) is 12.1 Å². The normalized spacial score (nSPS) is 22.4. The van der Waals surface area contributed by atoms with E-state index in [1.165, 1.54) is 0 Å². The van der Waals surface area contributed by atoms with Crippen LogP contribution in [0.15, 0.2) is 0 Å². The number of amides is 2. The minimum absolute atomic E-state index is 0.153. The Hall–Kier alpha value is -1.30. The summed E-state index contributed by atoms with van der Waals surface area (Å²) in [7, 11) is 0. The number of rotatable bonds is 18. The minimum atomic E-state index is -0.529. The first-order valence-electron chi connectivity index (χ1n) is 12.8. The maximum absolute atomic E-state index is 12.5. The molecule has 1 heterocycles. The van der Waals surface area contributed by atoms with Crippen molar-refractivity contribution in [2.24, 2.45) is 0 Å². The van der Waals surface area contributed by atoms with E-state index in [9.17, 15) is 30.0 Å². The number of unbranched alkanes of at least 4 members (excludes halogenated alkanes) is 2. The molecule has 0 radical (unpaired) electrons. The lowest BCUT2D eigenvalue weighted by Gasteiger charge is -2.30. The first-order valence-corrected chi connectivity index (χ1v) is 12.8. The molecule has 1 fully saturated rings. The number of nitrogens with zero attached hydrogens (tertiary/aromatic N) is 2. The van der Waals surface area contributed by atoms with Crippen LogP contribution >= 0.6 is 0 Å². The van der Waals surface area contributed by atoms with Crippen molar-refractivity contribution in [2.45, 2.75) is 103 Å². The SMILES string of the molecule is C[C@H](O)CN(CCCC[C@@H]1NC(=O)[C@H](CCCCN(C[C@@H](C)O)C[C@@H](C)O)NC1=O)C[C@@H](C)O. The van der Waals surface area contributed by atoms with Crippen molar-refractivity contribution in [3.8, 4) is 0 Å². The smallest absolute Gasteiger partial charge is 0.243 e. The average Bonchev–Trinajstić information content (AvgIpc) is 2.69. The van der Waals surface area contributed by atoms with Crippen LogP contribution in [0.4, 0.5) is 0 Å². The van der Waals surface area contributed by atoms with E-state index in [1.54, 1.807) is 27.7 Å². The van der Waals surface area contributed by atoms with Gasteiger partial charge >= 0.3 is 0 Å². The van der Waals surface area contributed by atoms with Crippen LogP contribution in [0.25, 0.3) is 0 Å². The monoisotopic (exact) mass is 488 g/mol. The lowest BCUT2D eigenvalue weighted by atomic mass is 10.0. The van der Waals surface area contributed by atoms with Gasteiger partial charge in [-0.25, -0.2) is 0 Å². The fraction of sp³-hybridized carbons (Fsp3) is 0.917. The van der Waals surface area contributed by atoms with Gasteiger partial charge in [-0.2, -0.15) is 0 Å². The number of piperazine rings is 1. The van der Waals surface area contributed by atoms with Gasteiger partial charge in [0.15, 0.2) is 0 Å². The van der Waals surface area contributed by atoms with Gasteiger partial charge in [0.25, 0.3) is 0 Å². The summed E-state index contributed by atoms with van der Waals surface area (Å²) in [5.41, 5.74) is 0. The first kappa shape index (κ1) is 30.7. The Labute approximate surface area is 204 Å². The Balaban J connectivity index is 2.34. The van der Waals surface area contributed by atoms with Crippen molar-refractivity contribution < 1.29 is 30.0 Å². The Morgan fingerprint density at radius 1 is 0.618 bits per heavy atom. The highest BCUT2D eigenvalue weighted by Crippen LogP contribution is 2.12. The molecule has 2 amide bonds. The Bertz CT molecular complexity index is 518. The quantitative estimate of drug-likeness (QED) is 0.141. The summed E-state index contributed by atoms with van der Waals surface area (Å²) in [6, 6.07) is -1.06. The molecule has 10 heteroatoms. The molecule has 0 saturated carbocycles. The van der Waals surface area contributed by atoms with E-state index < -0.39 is 36.5 Å². The zero-order chi connectivity index (χ0) is 25.7. The highest BCUT2D eigenvalue weighted by atomic mass is 16.3. The third-order valence-electron chi connectivity index (χ3n) is 5.79. The third kappa shape index (κ3) is 13.6. The largest absolute Gasteiger partial charge is 0.392 e. The number of carbonyl (C=O) groups excluding carboxylic acids is 2. The molecule has 1 rings (SSSR count). The van der Waals surface area contributed by atoms with Crippen LogP contribution < -0.4 is 10.6 Å². The van der Waals surface area contributed by atoms with Crippen LogP contribution in [0.3, 0.4) is 0 Å². The maximum atomic E-state index is 12.5. The lowest BCUT2D eigenvalue weighted by molar-refractivity contribution is -0.137. The topological polar surface area (TPSA) is 146 Å². The van der Waals surface area contributed by atoms with Gasteiger partial charge < -0.3 is 31.1 Å². The zero-order valence-electron chi connectivity index (χ0n) is 21.4. The Morgan fingerprint density at radius 3 is 1.18 bits per heavy atom. The van der Waals surface area contributed by atoms with Gasteiger partial charge in [0.2, 0.25) is 11.8 Å². The second-order valence-electron chi connectivity index (χ2n) is 10.0. The second kappa shape index (κ2) is 16.4. The number of carbonyl (C=O) groups is 2. The number of aliphatic hydroxyl groups is 4. The van der Waals surface area contributed by atoms with Crippen molar-refractivity contribution in [1.29, 1.82) is 0 Å². The van der Waals surface area contributed by atoms with E-state index in [0.717, 1.165) is 25.7 Å². The summed E-state index contributed by atoms with van der Waals surface area (Å²) in [5, 5.41) is 44.1. The fourth-order valence-corrected chi connectivity index (χ4v) is 4.46. The van der Waals surface area contributed by atoms with Gasteiger partial charge in [0.05, 0.1) is 24.4 Å². The molecular weight excluding hydrogens is 440 g/mol. The van der Waals surface area contributed by atoms with E-state index in [0.29, 0.717) is 52.1 Å². The first-order chi connectivity index (χ1) is 16.0. The molecule has 0 unspecified atom stereocenters. The molecule has 1 aliphatic rings. The molecular formula is C24H48N4O6. The number of hydrogen-bond donors (Lipinski definition) is 6. The van der Waals surface area contributed by atoms with E-state index in [4.69, 9.17) is 0 Å². The molecule has 0 aromatic carbocycles. The summed E-state index contributed by atoms with van der Waals surface area (Å²) < 4.78 is 0. The van der Waals surface area contributed by atoms with Crippen LogP contribution in [-0.2, 0) is 9.59 Å². The van der Waals surface area contributed by atoms with Gasteiger partial charge in [0, 0.05) is 26.2 Å². The molecule has 1 aliphatic heterocycles. The van der Waals surface area contributed by atoms with Gasteiger partial charge in [-0.3, -0.25) is 19.4 Å². The average molecular weight is 489 g/mol. The van der Waals surface area contributed by atoms with Crippen molar-refractivity contribution in [2.75, 3.05) is 39.3 Å². The summed E-state index contributed by atoms with van der Waals surface area (Å²) in [6.07, 6.45) is 2.32. The highest BCUT2D eigenvalue weighted by Gasteiger charge is 2.32. The minimum Gasteiger partial charge on any atom is -0.392 e. The molecule has 200 valence electrons. The predicted octanol–water partition coefficient (Wildman–Crippen LogP) is -0.563. The molecule has 0 spiro atoms. The van der Waals surface area contributed by atoms with E-state index in [2.05, 4.69) is 10.6 Å². The molecule has 34 heavy (non-hydrogen) atoms. The van der Waals surface area contributed by atoms with Gasteiger partial charge in [-0.05, 0) is 79.3 Å². The van der Waals surface area contributed by atoms with Gasteiger partial charge in [-0.1, -0.05) is 0 Å². The van der Waals surface area contributed by atoms with Crippen molar-refractivity contribution in [1.82, 2.24) is 20.4 Å². The van der Waals surface area contributed by atoms with Gasteiger partial charge in [-0.15, -0.1) is 0 Å². The van der Waals surface area contributed by atoms with Crippen LogP contribution in [0.2, 0.25) is 0 Å². The van der Waals surface area contributed by atoms with Crippen molar-refractivity contribution >= 4 is 11.8 Å². The predicted molar refractivity (Wildman–Crippen MR) is 131 cm³/mol. The van der Waals surface area contributed by atoms with Crippen LogP contribution in [0, 0.1) is 0 Å². The highest BCUT2D eigenvalue weighted by molar-refractivity contribution is 5.96. The molecule has 0 bridgehead atoms. The van der Waals surface area contributed by atoms with Crippen molar-refractivity contribution in [3.63, 3.8) is 0 Å². The zero-order valence-corrected chi connectivity index (χ0v) is 21.4. The molecule has 6 atom stereocenters. The summed E-state index contributed by atoms with van der Waals surface area (Å²) >= 11 is 0. The molecule has 1 saturated heterocycles. The van der Waals surface area contributed by atoms with E-state index in [1.807, 2.05) is 9.80 Å². The standard InChI is InChI=1S/C24H48N4O6/c1-17(29)13-27(14-18(2)30)11-7-5-9-21-23(33)26-22(24(34)25-21)10-6-8-12-28(15-19(3)31)16-20(4)32/h17-22,29-32H,5-16H2,1-4H3,(H,25,34)(H,26,33)/t17-,18-,19-,20+,21+,22+/m1/s1. The molecule has 6 N–H and O–H groups in total. The van der Waals surface area contributed by atoms with E-state index in [-0.39, 0.29) is 11.8 Å². The summed E-state index contributed by atoms with van der Waals surface area (Å²) in [4.78, 5) is 29.0. The van der Waals surface area contributed by atoms with Crippen LogP contribution in [-0.4, -0.2) is 118 Å². The second-order valence-corrected chi connectivity index (χ2v) is 10.0. The summed E-state index contributed by atoms with van der Waals surface area (Å²) in [5.74, 6) is -0.307. The Kier molecular flexibility index (Phi) is 14.8. The number of aliphatic hydroxyl groups excluding tert-OH is 4. The molecule has 0 aliphatic carbocycles. The fourth-order valence-electron chi connectivity index (χ4n) is 4.46. The Morgan fingerprint density at radius 2 is 0.912 bits per heavy atom. The maximum Gasteiger partial charge on any atom is 0.243 e. The van der Waals surface area contributed by atoms with E-state index >= 15 is 0 Å².